The van der Waals surface area contributed by atoms with Crippen LogP contribution in [-0.4, -0.2) is 30.9 Å². The van der Waals surface area contributed by atoms with E-state index in [1.165, 1.54) is 11.0 Å². The molecule has 1 aliphatic heterocycles. The molecule has 0 bridgehead atoms. The molecular weight excluding hydrogens is 525 g/mol. The molecule has 1 saturated heterocycles. The molecule has 1 aliphatic rings. The Balaban J connectivity index is 1.32. The Morgan fingerprint density at radius 2 is 1.77 bits per heavy atom. The topological polar surface area (TPSA) is 84.9 Å². The predicted octanol–water partition coefficient (Wildman–Crippen LogP) is 6.46. The van der Waals surface area contributed by atoms with E-state index in [0.29, 0.717) is 11.4 Å². The van der Waals surface area contributed by atoms with Crippen LogP contribution in [0.2, 0.25) is 0 Å². The van der Waals surface area contributed by atoms with Gasteiger partial charge < -0.3 is 19.7 Å². The summed E-state index contributed by atoms with van der Waals surface area (Å²) in [5.41, 5.74) is 1.75. The Kier molecular flexibility index (Phi) is 8.46. The van der Waals surface area contributed by atoms with Gasteiger partial charge in [0.1, 0.15) is 11.5 Å². The molecule has 40 heavy (non-hydrogen) atoms. The minimum absolute atomic E-state index is 0.0719. The normalized spacial score (nSPS) is 15.3. The van der Waals surface area contributed by atoms with Gasteiger partial charge in [0, 0.05) is 24.3 Å². The molecule has 2 amide bonds. The Bertz CT molecular complexity index is 1400. The van der Waals surface area contributed by atoms with Gasteiger partial charge in [0.15, 0.2) is 6.61 Å². The number of esters is 1. The van der Waals surface area contributed by atoms with Crippen LogP contribution in [0.3, 0.4) is 0 Å². The smallest absolute Gasteiger partial charge is 0.416 e. The van der Waals surface area contributed by atoms with E-state index in [-0.39, 0.29) is 30.5 Å². The monoisotopic (exact) mass is 554 g/mol. The quantitative estimate of drug-likeness (QED) is 0.323. The molecule has 10 heteroatoms. The third-order valence-corrected chi connectivity index (χ3v) is 6.44. The number of ether oxygens (including phenoxy) is 2. The molecule has 0 saturated carbocycles. The minimum Gasteiger partial charge on any atom is -0.457 e. The van der Waals surface area contributed by atoms with Gasteiger partial charge in [-0.15, -0.1) is 0 Å². The van der Waals surface area contributed by atoms with Crippen molar-refractivity contribution >= 4 is 29.2 Å². The van der Waals surface area contributed by atoms with Gasteiger partial charge in [0.05, 0.1) is 11.5 Å². The van der Waals surface area contributed by atoms with E-state index in [2.05, 4.69) is 19.2 Å². The number of carbonyl (C=O) groups is 3. The van der Waals surface area contributed by atoms with Gasteiger partial charge in [-0.25, -0.2) is 0 Å². The van der Waals surface area contributed by atoms with Crippen LogP contribution >= 0.6 is 0 Å². The van der Waals surface area contributed by atoms with Gasteiger partial charge in [-0.2, -0.15) is 13.2 Å². The Hall–Kier alpha value is -4.34. The van der Waals surface area contributed by atoms with E-state index >= 15 is 0 Å². The number of hydrogen-bond donors (Lipinski definition) is 1. The summed E-state index contributed by atoms with van der Waals surface area (Å²) in [5, 5.41) is 2.27. The lowest BCUT2D eigenvalue weighted by molar-refractivity contribution is -0.151. The van der Waals surface area contributed by atoms with Crippen LogP contribution in [0, 0.1) is 12.8 Å². The zero-order valence-corrected chi connectivity index (χ0v) is 22.2. The predicted molar refractivity (Wildman–Crippen MR) is 143 cm³/mol. The van der Waals surface area contributed by atoms with Gasteiger partial charge in [-0.3, -0.25) is 14.4 Å². The highest BCUT2D eigenvalue weighted by Crippen LogP contribution is 2.34. The molecule has 3 aromatic carbocycles. The van der Waals surface area contributed by atoms with E-state index in [1.54, 1.807) is 24.3 Å². The van der Waals surface area contributed by atoms with Crippen LogP contribution in [0.5, 0.6) is 11.5 Å². The van der Waals surface area contributed by atoms with Gasteiger partial charge in [0.2, 0.25) is 5.91 Å². The van der Waals surface area contributed by atoms with Crippen molar-refractivity contribution in [3.05, 3.63) is 83.4 Å². The van der Waals surface area contributed by atoms with Crippen LogP contribution in [0.1, 0.15) is 42.9 Å². The van der Waals surface area contributed by atoms with E-state index in [9.17, 15) is 27.6 Å². The summed E-state index contributed by atoms with van der Waals surface area (Å²) in [6.07, 6.45) is -4.65. The molecule has 1 heterocycles. The van der Waals surface area contributed by atoms with Crippen molar-refractivity contribution in [3.8, 4) is 11.5 Å². The molecule has 0 aromatic heterocycles. The molecule has 4 rings (SSSR count). The number of anilines is 2. The van der Waals surface area contributed by atoms with E-state index in [0.717, 1.165) is 35.1 Å². The maximum atomic E-state index is 12.9. The number of amides is 2. The number of alkyl halides is 3. The minimum atomic E-state index is -4.56. The Morgan fingerprint density at radius 3 is 2.45 bits per heavy atom. The molecule has 1 N–H and O–H groups in total. The first-order valence-electron chi connectivity index (χ1n) is 12.7. The molecule has 1 fully saturated rings. The summed E-state index contributed by atoms with van der Waals surface area (Å²) < 4.78 is 49.7. The highest BCUT2D eigenvalue weighted by atomic mass is 19.4. The number of nitrogens with one attached hydrogen (secondary N) is 1. The highest BCUT2D eigenvalue weighted by molar-refractivity contribution is 6.00. The number of carbonyl (C=O) groups excluding carboxylic acids is 3. The molecule has 7 nitrogen and oxygen atoms in total. The Morgan fingerprint density at radius 1 is 1.05 bits per heavy atom. The Labute approximate surface area is 229 Å². The largest absolute Gasteiger partial charge is 0.457 e. The summed E-state index contributed by atoms with van der Waals surface area (Å²) in [6.45, 7) is 5.54. The van der Waals surface area contributed by atoms with Crippen molar-refractivity contribution in [2.24, 2.45) is 5.92 Å². The molecule has 1 atom stereocenters. The van der Waals surface area contributed by atoms with Gasteiger partial charge >= 0.3 is 12.1 Å². The highest BCUT2D eigenvalue weighted by Gasteiger charge is 2.36. The maximum Gasteiger partial charge on any atom is 0.416 e. The number of halogens is 3. The molecule has 0 aliphatic carbocycles. The lowest BCUT2D eigenvalue weighted by Gasteiger charge is -2.18. The summed E-state index contributed by atoms with van der Waals surface area (Å²) in [4.78, 5) is 38.7. The maximum absolute atomic E-state index is 12.9. The molecule has 0 unspecified atom stereocenters. The fourth-order valence-corrected chi connectivity index (χ4v) is 4.37. The molecular formula is C30H29F3N2O5. The average Bonchev–Trinajstić information content (AvgIpc) is 3.29. The number of aryl methyl sites for hydroxylation is 1. The van der Waals surface area contributed by atoms with Crippen molar-refractivity contribution in [3.63, 3.8) is 0 Å². The standard InChI is InChI=1S/C30H29F3N2O5/c1-18(2)25-12-7-19(3)13-26(25)40-24-10-8-23(9-11-24)35-16-20(14-28(35)37)29(38)39-17-27(36)34-22-6-4-5-21(15-22)30(31,32)33/h4-13,15,18,20H,14,16-17H2,1-3H3,(H,34,36)/t20-/m0/s1. The van der Waals surface area contributed by atoms with Gasteiger partial charge in [-0.1, -0.05) is 32.0 Å². The molecule has 0 spiro atoms. The number of nitrogens with zero attached hydrogens (tertiary/aromatic N) is 1. The fourth-order valence-electron chi connectivity index (χ4n) is 4.37. The van der Waals surface area contributed by atoms with E-state index in [4.69, 9.17) is 9.47 Å². The average molecular weight is 555 g/mol. The first kappa shape index (κ1) is 28.7. The summed E-state index contributed by atoms with van der Waals surface area (Å²) in [6, 6.07) is 17.1. The number of benzene rings is 3. The second kappa shape index (κ2) is 11.8. The van der Waals surface area contributed by atoms with Gasteiger partial charge in [-0.05, 0) is 72.5 Å². The van der Waals surface area contributed by atoms with E-state index < -0.39 is 36.1 Å². The first-order chi connectivity index (χ1) is 18.9. The van der Waals surface area contributed by atoms with E-state index in [1.807, 2.05) is 25.1 Å². The zero-order chi connectivity index (χ0) is 29.0. The van der Waals surface area contributed by atoms with Crippen molar-refractivity contribution in [1.82, 2.24) is 0 Å². The van der Waals surface area contributed by atoms with Gasteiger partial charge in [0.25, 0.3) is 5.91 Å². The zero-order valence-electron chi connectivity index (χ0n) is 22.2. The summed E-state index contributed by atoms with van der Waals surface area (Å²) in [7, 11) is 0. The lowest BCUT2D eigenvalue weighted by atomic mass is 10.0. The lowest BCUT2D eigenvalue weighted by Crippen LogP contribution is -2.28. The fraction of sp³-hybridized carbons (Fsp3) is 0.300. The van der Waals surface area contributed by atoms with Crippen molar-refractivity contribution in [2.45, 2.75) is 39.3 Å². The second-order valence-corrected chi connectivity index (χ2v) is 9.93. The summed E-state index contributed by atoms with van der Waals surface area (Å²) >= 11 is 0. The molecule has 3 aromatic rings. The van der Waals surface area contributed by atoms with Crippen LogP contribution in [-0.2, 0) is 25.3 Å². The van der Waals surface area contributed by atoms with Crippen LogP contribution in [0.4, 0.5) is 24.5 Å². The summed E-state index contributed by atoms with van der Waals surface area (Å²) in [5.74, 6) is -0.948. The van der Waals surface area contributed by atoms with Crippen LogP contribution in [0.15, 0.2) is 66.7 Å². The second-order valence-electron chi connectivity index (χ2n) is 9.93. The third kappa shape index (κ3) is 6.99. The number of hydrogen-bond acceptors (Lipinski definition) is 5. The number of rotatable bonds is 8. The van der Waals surface area contributed by atoms with Crippen LogP contribution < -0.4 is 15.0 Å². The van der Waals surface area contributed by atoms with Crippen molar-refractivity contribution in [1.29, 1.82) is 0 Å². The van der Waals surface area contributed by atoms with Crippen molar-refractivity contribution < 1.29 is 37.0 Å². The SMILES string of the molecule is Cc1ccc(C(C)C)c(Oc2ccc(N3C[C@@H](C(=O)OCC(=O)Nc4cccc(C(F)(F)F)c4)CC3=O)cc2)c1. The third-order valence-electron chi connectivity index (χ3n) is 6.44. The molecule has 0 radical (unpaired) electrons. The van der Waals surface area contributed by atoms with Crippen LogP contribution in [0.25, 0.3) is 0 Å². The molecule has 210 valence electrons. The van der Waals surface area contributed by atoms with Crippen molar-refractivity contribution in [2.75, 3.05) is 23.4 Å². The first-order valence-corrected chi connectivity index (χ1v) is 12.7.